The molecule has 3 atom stereocenters. The molecule has 10 heteroatoms. The summed E-state index contributed by atoms with van der Waals surface area (Å²) in [7, 11) is -3.82. The molecule has 1 heterocycles. The van der Waals surface area contributed by atoms with E-state index < -0.39 is 22.1 Å². The summed E-state index contributed by atoms with van der Waals surface area (Å²) in [5, 5.41) is 10.7. The number of nitrogens with one attached hydrogen (secondary N) is 2. The second kappa shape index (κ2) is 10.3. The SMILES string of the molecule is CC1CN(C(=O)c2ccc(CNC(=O)NC(C)c3cccc(S(N)(=O)=O)c3)cc2)CC(C)O1. The number of morpholine rings is 1. The molecule has 2 aromatic carbocycles. The van der Waals surface area contributed by atoms with Crippen molar-refractivity contribution >= 4 is 22.0 Å². The number of hydrogen-bond donors (Lipinski definition) is 3. The predicted molar refractivity (Wildman–Crippen MR) is 124 cm³/mol. The lowest BCUT2D eigenvalue weighted by atomic mass is 10.1. The highest BCUT2D eigenvalue weighted by Crippen LogP contribution is 2.17. The maximum Gasteiger partial charge on any atom is 0.315 e. The van der Waals surface area contributed by atoms with E-state index in [0.717, 1.165) is 5.56 Å². The van der Waals surface area contributed by atoms with Gasteiger partial charge in [0.25, 0.3) is 5.91 Å². The largest absolute Gasteiger partial charge is 0.372 e. The van der Waals surface area contributed by atoms with Crippen molar-refractivity contribution in [3.05, 3.63) is 65.2 Å². The van der Waals surface area contributed by atoms with E-state index in [2.05, 4.69) is 10.6 Å². The van der Waals surface area contributed by atoms with Crippen molar-refractivity contribution in [1.29, 1.82) is 0 Å². The van der Waals surface area contributed by atoms with Crippen LogP contribution in [0.4, 0.5) is 4.79 Å². The van der Waals surface area contributed by atoms with Crippen LogP contribution < -0.4 is 15.8 Å². The molecule has 33 heavy (non-hydrogen) atoms. The minimum Gasteiger partial charge on any atom is -0.372 e. The molecule has 0 spiro atoms. The first-order chi connectivity index (χ1) is 15.5. The Hall–Kier alpha value is -2.95. The number of ether oxygens (including phenoxy) is 1. The van der Waals surface area contributed by atoms with Gasteiger partial charge in [-0.15, -0.1) is 0 Å². The van der Waals surface area contributed by atoms with Crippen LogP contribution in [-0.4, -0.2) is 50.6 Å². The third-order valence-electron chi connectivity index (χ3n) is 5.40. The third kappa shape index (κ3) is 6.77. The molecule has 1 saturated heterocycles. The molecule has 0 radical (unpaired) electrons. The monoisotopic (exact) mass is 474 g/mol. The Balaban J connectivity index is 1.53. The van der Waals surface area contributed by atoms with E-state index in [1.54, 1.807) is 48.2 Å². The minimum atomic E-state index is -3.82. The van der Waals surface area contributed by atoms with Crippen LogP contribution in [0.1, 0.15) is 48.3 Å². The average Bonchev–Trinajstić information content (AvgIpc) is 2.76. The Morgan fingerprint density at radius 1 is 1.12 bits per heavy atom. The van der Waals surface area contributed by atoms with Gasteiger partial charge in [-0.25, -0.2) is 18.4 Å². The number of primary sulfonamides is 1. The highest BCUT2D eigenvalue weighted by atomic mass is 32.2. The van der Waals surface area contributed by atoms with E-state index in [1.165, 1.54) is 12.1 Å². The molecule has 0 bridgehead atoms. The van der Waals surface area contributed by atoms with Gasteiger partial charge in [-0.2, -0.15) is 0 Å². The number of rotatable bonds is 6. The van der Waals surface area contributed by atoms with Gasteiger partial charge in [-0.3, -0.25) is 4.79 Å². The molecule has 3 unspecified atom stereocenters. The molecule has 2 aromatic rings. The number of sulfonamides is 1. The Kier molecular flexibility index (Phi) is 7.72. The number of carbonyl (C=O) groups is 2. The van der Waals surface area contributed by atoms with Crippen molar-refractivity contribution in [1.82, 2.24) is 15.5 Å². The molecule has 3 amide bonds. The van der Waals surface area contributed by atoms with Crippen LogP contribution >= 0.6 is 0 Å². The molecule has 1 fully saturated rings. The van der Waals surface area contributed by atoms with Crippen LogP contribution in [0.5, 0.6) is 0 Å². The van der Waals surface area contributed by atoms with Crippen LogP contribution in [0, 0.1) is 0 Å². The van der Waals surface area contributed by atoms with Gasteiger partial charge in [-0.1, -0.05) is 24.3 Å². The summed E-state index contributed by atoms with van der Waals surface area (Å²) in [6.07, 6.45) is 0.00789. The number of hydrogen-bond acceptors (Lipinski definition) is 5. The van der Waals surface area contributed by atoms with E-state index in [0.29, 0.717) is 24.2 Å². The van der Waals surface area contributed by atoms with Crippen molar-refractivity contribution < 1.29 is 22.7 Å². The molecule has 1 aliphatic rings. The maximum atomic E-state index is 12.8. The van der Waals surface area contributed by atoms with E-state index in [4.69, 9.17) is 9.88 Å². The number of benzene rings is 2. The first kappa shape index (κ1) is 24.7. The number of amides is 3. The zero-order chi connectivity index (χ0) is 24.2. The Bertz CT molecular complexity index is 1090. The zero-order valence-corrected chi connectivity index (χ0v) is 19.8. The Morgan fingerprint density at radius 2 is 1.76 bits per heavy atom. The van der Waals surface area contributed by atoms with Crippen LogP contribution in [0.2, 0.25) is 0 Å². The van der Waals surface area contributed by atoms with Gasteiger partial charge in [0.2, 0.25) is 10.0 Å². The lowest BCUT2D eigenvalue weighted by Crippen LogP contribution is -2.48. The number of nitrogens with zero attached hydrogens (tertiary/aromatic N) is 1. The Morgan fingerprint density at radius 3 is 2.36 bits per heavy atom. The number of nitrogens with two attached hydrogens (primary N) is 1. The van der Waals surface area contributed by atoms with Gasteiger partial charge in [0, 0.05) is 25.2 Å². The van der Waals surface area contributed by atoms with Crippen molar-refractivity contribution in [2.45, 2.75) is 50.5 Å². The first-order valence-corrected chi connectivity index (χ1v) is 12.3. The van der Waals surface area contributed by atoms with E-state index in [-0.39, 0.29) is 29.6 Å². The quantitative estimate of drug-likeness (QED) is 0.590. The van der Waals surface area contributed by atoms with Crippen LogP contribution in [0.15, 0.2) is 53.4 Å². The van der Waals surface area contributed by atoms with Crippen LogP contribution in [0.25, 0.3) is 0 Å². The normalized spacial score (nSPS) is 19.6. The van der Waals surface area contributed by atoms with Gasteiger partial charge in [0.1, 0.15) is 0 Å². The second-order valence-corrected chi connectivity index (χ2v) is 9.89. The number of urea groups is 1. The smallest absolute Gasteiger partial charge is 0.315 e. The predicted octanol–water partition coefficient (Wildman–Crippen LogP) is 2.14. The van der Waals surface area contributed by atoms with Crippen molar-refractivity contribution in [3.63, 3.8) is 0 Å². The fourth-order valence-corrected chi connectivity index (χ4v) is 4.33. The highest BCUT2D eigenvalue weighted by Gasteiger charge is 2.26. The summed E-state index contributed by atoms with van der Waals surface area (Å²) < 4.78 is 28.7. The molecule has 3 rings (SSSR count). The minimum absolute atomic E-state index is 0.00394. The van der Waals surface area contributed by atoms with E-state index >= 15 is 0 Å². The average molecular weight is 475 g/mol. The van der Waals surface area contributed by atoms with Crippen molar-refractivity contribution in [2.75, 3.05) is 13.1 Å². The fourth-order valence-electron chi connectivity index (χ4n) is 3.77. The van der Waals surface area contributed by atoms with Crippen molar-refractivity contribution in [3.8, 4) is 0 Å². The van der Waals surface area contributed by atoms with Crippen molar-refractivity contribution in [2.24, 2.45) is 5.14 Å². The molecule has 0 aromatic heterocycles. The second-order valence-electron chi connectivity index (χ2n) is 8.33. The van der Waals surface area contributed by atoms with Gasteiger partial charge < -0.3 is 20.3 Å². The maximum absolute atomic E-state index is 12.8. The fraction of sp³-hybridized carbons (Fsp3) is 0.391. The molecule has 9 nitrogen and oxygen atoms in total. The van der Waals surface area contributed by atoms with Gasteiger partial charge in [0.15, 0.2) is 0 Å². The molecule has 4 N–H and O–H groups in total. The third-order valence-corrected chi connectivity index (χ3v) is 6.31. The van der Waals surface area contributed by atoms with E-state index in [9.17, 15) is 18.0 Å². The van der Waals surface area contributed by atoms with Crippen LogP contribution in [0.3, 0.4) is 0 Å². The summed E-state index contributed by atoms with van der Waals surface area (Å²) in [5.74, 6) is -0.0372. The molecular formula is C23H30N4O5S. The number of carbonyl (C=O) groups excluding carboxylic acids is 2. The van der Waals surface area contributed by atoms with Crippen LogP contribution in [-0.2, 0) is 21.3 Å². The lowest BCUT2D eigenvalue weighted by Gasteiger charge is -2.35. The first-order valence-electron chi connectivity index (χ1n) is 10.7. The molecule has 178 valence electrons. The summed E-state index contributed by atoms with van der Waals surface area (Å²) in [5.41, 5.74) is 2.05. The zero-order valence-electron chi connectivity index (χ0n) is 18.9. The topological polar surface area (TPSA) is 131 Å². The molecule has 1 aliphatic heterocycles. The summed E-state index contributed by atoms with van der Waals surface area (Å²) in [6.45, 7) is 7.04. The molecule has 0 aliphatic carbocycles. The molecule has 0 saturated carbocycles. The Labute approximate surface area is 194 Å². The summed E-state index contributed by atoms with van der Waals surface area (Å²) in [4.78, 5) is 26.8. The van der Waals surface area contributed by atoms with E-state index in [1.807, 2.05) is 13.8 Å². The van der Waals surface area contributed by atoms with Gasteiger partial charge in [-0.05, 0) is 56.2 Å². The lowest BCUT2D eigenvalue weighted by molar-refractivity contribution is -0.0586. The highest BCUT2D eigenvalue weighted by molar-refractivity contribution is 7.89. The summed E-state index contributed by atoms with van der Waals surface area (Å²) >= 11 is 0. The standard InChI is InChI=1S/C23H30N4O5S/c1-15-13-27(14-16(2)32-15)22(28)19-9-7-18(8-10-19)12-25-23(29)26-17(3)20-5-4-6-21(11-20)33(24,30)31/h4-11,15-17H,12-14H2,1-3H3,(H2,24,30,31)(H2,25,26,29). The van der Waals surface area contributed by atoms with Gasteiger partial charge >= 0.3 is 6.03 Å². The van der Waals surface area contributed by atoms with Gasteiger partial charge in [0.05, 0.1) is 23.1 Å². The summed E-state index contributed by atoms with van der Waals surface area (Å²) in [6, 6.07) is 12.4. The molecular weight excluding hydrogens is 444 g/mol.